The van der Waals surface area contributed by atoms with E-state index in [1.165, 1.54) is 12.4 Å². The summed E-state index contributed by atoms with van der Waals surface area (Å²) in [5, 5.41) is 0. The summed E-state index contributed by atoms with van der Waals surface area (Å²) in [7, 11) is -1.03. The molecular weight excluding hydrogens is 350 g/mol. The molecule has 0 atom stereocenters. The van der Waals surface area contributed by atoms with Crippen molar-refractivity contribution < 1.29 is 19.1 Å². The lowest BCUT2D eigenvalue weighted by atomic mass is 10.2. The summed E-state index contributed by atoms with van der Waals surface area (Å²) in [4.78, 5) is 33.8. The number of nitrogens with zero attached hydrogens (tertiary/aromatic N) is 3. The summed E-state index contributed by atoms with van der Waals surface area (Å²) in [6.45, 7) is 14.4. The van der Waals surface area contributed by atoms with Crippen molar-refractivity contribution in [2.24, 2.45) is 0 Å². The van der Waals surface area contributed by atoms with Crippen LogP contribution in [0, 0.1) is 11.5 Å². The van der Waals surface area contributed by atoms with Crippen LogP contribution in [0.5, 0.6) is 0 Å². The molecule has 0 saturated heterocycles. The highest BCUT2D eigenvalue weighted by atomic mass is 28.3. The van der Waals surface area contributed by atoms with E-state index in [1.54, 1.807) is 41.5 Å². The number of ether oxygens (including phenoxy) is 2. The van der Waals surface area contributed by atoms with E-state index in [2.05, 4.69) is 34.5 Å². The summed E-state index contributed by atoms with van der Waals surface area (Å²) in [6.07, 6.45) is 1.13. The van der Waals surface area contributed by atoms with Crippen molar-refractivity contribution in [3.05, 3.63) is 18.0 Å². The predicted octanol–water partition coefficient (Wildman–Crippen LogP) is 3.53. The van der Waals surface area contributed by atoms with Gasteiger partial charge in [-0.15, -0.1) is 10.4 Å². The van der Waals surface area contributed by atoms with E-state index in [-0.39, 0.29) is 5.95 Å². The number of imide groups is 1. The summed E-state index contributed by atoms with van der Waals surface area (Å²) in [6, 6.07) is 0. The Labute approximate surface area is 156 Å². The van der Waals surface area contributed by atoms with Crippen LogP contribution in [0.15, 0.2) is 12.4 Å². The van der Waals surface area contributed by atoms with Crippen LogP contribution in [0.25, 0.3) is 0 Å². The van der Waals surface area contributed by atoms with Crippen LogP contribution >= 0.6 is 0 Å². The zero-order chi connectivity index (χ0) is 20.1. The monoisotopic (exact) mass is 377 g/mol. The first-order valence-corrected chi connectivity index (χ1v) is 11.3. The van der Waals surface area contributed by atoms with Crippen molar-refractivity contribution in [2.75, 3.05) is 4.90 Å². The average Bonchev–Trinajstić information content (AvgIpc) is 2.42. The van der Waals surface area contributed by atoms with Crippen LogP contribution in [0.2, 0.25) is 13.1 Å². The van der Waals surface area contributed by atoms with Gasteiger partial charge in [-0.1, -0.05) is 19.0 Å². The first-order valence-electron chi connectivity index (χ1n) is 8.38. The van der Waals surface area contributed by atoms with E-state index in [4.69, 9.17) is 9.47 Å². The third-order valence-corrected chi connectivity index (χ3v) is 3.22. The van der Waals surface area contributed by atoms with Crippen LogP contribution in [-0.2, 0) is 9.47 Å². The zero-order valence-electron chi connectivity index (χ0n) is 16.7. The number of aromatic nitrogens is 2. The molecule has 26 heavy (non-hydrogen) atoms. The van der Waals surface area contributed by atoms with Crippen molar-refractivity contribution in [1.82, 2.24) is 9.97 Å². The maximum Gasteiger partial charge on any atom is 0.427 e. The molecule has 7 nitrogen and oxygen atoms in total. The van der Waals surface area contributed by atoms with Gasteiger partial charge in [-0.25, -0.2) is 19.6 Å². The highest BCUT2D eigenvalue weighted by Gasteiger charge is 2.34. The molecule has 0 bridgehead atoms. The molecule has 2 amide bonds. The number of hydrogen-bond acceptors (Lipinski definition) is 6. The molecule has 0 aliphatic rings. The first-order chi connectivity index (χ1) is 11.8. The molecule has 1 heterocycles. The van der Waals surface area contributed by atoms with Gasteiger partial charge < -0.3 is 9.47 Å². The van der Waals surface area contributed by atoms with Crippen molar-refractivity contribution in [3.8, 4) is 11.5 Å². The second-order valence-electron chi connectivity index (χ2n) is 7.99. The molecule has 0 radical (unpaired) electrons. The minimum absolute atomic E-state index is 0.124. The topological polar surface area (TPSA) is 81.6 Å². The third kappa shape index (κ3) is 7.65. The van der Waals surface area contributed by atoms with Crippen molar-refractivity contribution in [2.45, 2.75) is 65.8 Å². The number of rotatable bonds is 1. The van der Waals surface area contributed by atoms with Gasteiger partial charge in [0.2, 0.25) is 5.95 Å². The molecule has 0 aliphatic heterocycles. The Morgan fingerprint density at radius 2 is 1.38 bits per heavy atom. The van der Waals surface area contributed by atoms with Gasteiger partial charge in [-0.2, -0.15) is 0 Å². The zero-order valence-corrected chi connectivity index (χ0v) is 17.9. The van der Waals surface area contributed by atoms with Gasteiger partial charge in [-0.05, 0) is 41.5 Å². The number of hydrogen-bond donors (Lipinski definition) is 0. The minimum Gasteiger partial charge on any atom is -0.443 e. The molecule has 0 fully saturated rings. The lowest BCUT2D eigenvalue weighted by Crippen LogP contribution is -2.44. The molecule has 0 unspecified atom stereocenters. The summed E-state index contributed by atoms with van der Waals surface area (Å²) >= 11 is 0. The standard InChI is InChI=1S/C18H27N3O4Si/c1-17(2,3)24-15(22)21(16(23)25-18(4,5)6)14-19-11-13(12-20-14)9-10-26(7)8/h11-12,26H,1-8H3. The number of carbonyl (C=O) groups excluding carboxylic acids is 2. The first kappa shape index (κ1) is 21.6. The Bertz CT molecular complexity index is 679. The van der Waals surface area contributed by atoms with Gasteiger partial charge in [0, 0.05) is 12.4 Å². The van der Waals surface area contributed by atoms with Crippen molar-refractivity contribution in [3.63, 3.8) is 0 Å². The molecule has 0 spiro atoms. The van der Waals surface area contributed by atoms with Gasteiger partial charge in [0.25, 0.3) is 0 Å². The molecule has 0 aromatic carbocycles. The second kappa shape index (κ2) is 8.32. The minimum atomic E-state index is -1.03. The largest absolute Gasteiger partial charge is 0.443 e. The van der Waals surface area contributed by atoms with E-state index in [0.29, 0.717) is 10.5 Å². The maximum absolute atomic E-state index is 12.5. The van der Waals surface area contributed by atoms with Crippen LogP contribution in [0.4, 0.5) is 15.5 Å². The Morgan fingerprint density at radius 1 is 0.962 bits per heavy atom. The van der Waals surface area contributed by atoms with Gasteiger partial charge in [-0.3, -0.25) is 0 Å². The molecule has 1 aromatic rings. The van der Waals surface area contributed by atoms with E-state index in [1.807, 2.05) is 0 Å². The smallest absolute Gasteiger partial charge is 0.427 e. The fourth-order valence-corrected chi connectivity index (χ4v) is 2.04. The van der Waals surface area contributed by atoms with Crippen LogP contribution in [0.1, 0.15) is 47.1 Å². The van der Waals surface area contributed by atoms with Crippen LogP contribution < -0.4 is 4.90 Å². The molecule has 0 aliphatic carbocycles. The second-order valence-corrected chi connectivity index (χ2v) is 10.6. The average molecular weight is 378 g/mol. The Hall–Kier alpha value is -2.40. The molecule has 0 N–H and O–H groups in total. The summed E-state index contributed by atoms with van der Waals surface area (Å²) < 4.78 is 10.6. The van der Waals surface area contributed by atoms with E-state index in [0.717, 1.165) is 0 Å². The SMILES string of the molecule is C[SiH](C)C#Cc1cnc(N(C(=O)OC(C)(C)C)C(=O)OC(C)(C)C)nc1. The lowest BCUT2D eigenvalue weighted by molar-refractivity contribution is 0.0427. The molecule has 1 aromatic heterocycles. The molecular formula is C18H27N3O4Si. The number of carbonyl (C=O) groups is 2. The Morgan fingerprint density at radius 3 is 1.73 bits per heavy atom. The van der Waals surface area contributed by atoms with Gasteiger partial charge in [0.05, 0.1) is 5.56 Å². The molecule has 8 heteroatoms. The van der Waals surface area contributed by atoms with Crippen LogP contribution in [-0.4, -0.2) is 42.2 Å². The number of amides is 2. The predicted molar refractivity (Wildman–Crippen MR) is 103 cm³/mol. The maximum atomic E-state index is 12.5. The fourth-order valence-electron chi connectivity index (χ4n) is 1.58. The van der Waals surface area contributed by atoms with E-state index in [9.17, 15) is 9.59 Å². The lowest BCUT2D eigenvalue weighted by Gasteiger charge is -2.27. The van der Waals surface area contributed by atoms with Gasteiger partial charge in [0.15, 0.2) is 0 Å². The third-order valence-electron chi connectivity index (χ3n) is 2.50. The molecule has 142 valence electrons. The summed E-state index contributed by atoms with van der Waals surface area (Å²) in [5.74, 6) is 2.86. The molecule has 1 rings (SSSR count). The van der Waals surface area contributed by atoms with Gasteiger partial charge >= 0.3 is 12.2 Å². The van der Waals surface area contributed by atoms with Crippen molar-refractivity contribution in [1.29, 1.82) is 0 Å². The highest BCUT2D eigenvalue weighted by molar-refractivity contribution is 6.64. The van der Waals surface area contributed by atoms with Gasteiger partial charge in [0.1, 0.15) is 20.0 Å². The highest BCUT2D eigenvalue weighted by Crippen LogP contribution is 2.18. The quantitative estimate of drug-likeness (QED) is 0.550. The Balaban J connectivity index is 3.18. The number of anilines is 1. The normalized spacial score (nSPS) is 11.4. The molecule has 0 saturated carbocycles. The van der Waals surface area contributed by atoms with Crippen molar-refractivity contribution >= 4 is 26.9 Å². The van der Waals surface area contributed by atoms with Crippen LogP contribution in [0.3, 0.4) is 0 Å². The van der Waals surface area contributed by atoms with E-state index < -0.39 is 32.2 Å². The fraction of sp³-hybridized carbons (Fsp3) is 0.556. The Kier molecular flexibility index (Phi) is 6.92. The summed E-state index contributed by atoms with van der Waals surface area (Å²) in [5.41, 5.74) is 2.17. The van der Waals surface area contributed by atoms with E-state index >= 15 is 0 Å².